The monoisotopic (exact) mass is 349 g/mol. The zero-order chi connectivity index (χ0) is 16.7. The van der Waals surface area contributed by atoms with Crippen LogP contribution in [0.4, 0.5) is 0 Å². The van der Waals surface area contributed by atoms with Crippen LogP contribution in [0.1, 0.15) is 22.8 Å². The van der Waals surface area contributed by atoms with Gasteiger partial charge in [0.15, 0.2) is 0 Å². The highest BCUT2D eigenvalue weighted by Crippen LogP contribution is 2.22. The summed E-state index contributed by atoms with van der Waals surface area (Å²) in [7, 11) is 0. The van der Waals surface area contributed by atoms with Crippen LogP contribution in [0.5, 0.6) is 5.75 Å². The Kier molecular flexibility index (Phi) is 6.81. The van der Waals surface area contributed by atoms with Gasteiger partial charge in [-0.15, -0.1) is 11.8 Å². The quantitative estimate of drug-likeness (QED) is 0.587. The van der Waals surface area contributed by atoms with E-state index in [0.717, 1.165) is 16.2 Å². The van der Waals surface area contributed by atoms with E-state index in [2.05, 4.69) is 12.2 Å². The summed E-state index contributed by atoms with van der Waals surface area (Å²) in [6.45, 7) is 4.85. The van der Waals surface area contributed by atoms with E-state index in [0.29, 0.717) is 29.5 Å². The van der Waals surface area contributed by atoms with E-state index < -0.39 is 0 Å². The molecule has 0 aliphatic rings. The molecular formula is C18H20ClNO2S. The second kappa shape index (κ2) is 8.85. The first-order valence-corrected chi connectivity index (χ1v) is 8.87. The van der Waals surface area contributed by atoms with Gasteiger partial charge in [-0.3, -0.25) is 4.79 Å². The number of thioether (sulfide) groups is 1. The topological polar surface area (TPSA) is 38.3 Å². The van der Waals surface area contributed by atoms with Gasteiger partial charge in [-0.25, -0.2) is 0 Å². The lowest BCUT2D eigenvalue weighted by Gasteiger charge is -2.10. The van der Waals surface area contributed by atoms with Crippen molar-refractivity contribution in [3.8, 4) is 5.75 Å². The lowest BCUT2D eigenvalue weighted by molar-refractivity contribution is 0.0944. The molecular weight excluding hydrogens is 330 g/mol. The Bertz CT molecular complexity index is 676. The van der Waals surface area contributed by atoms with Crippen molar-refractivity contribution in [2.24, 2.45) is 0 Å². The molecule has 0 aliphatic heterocycles. The van der Waals surface area contributed by atoms with Crippen LogP contribution in [0.3, 0.4) is 0 Å². The third-order valence-corrected chi connectivity index (χ3v) is 4.59. The van der Waals surface area contributed by atoms with Crippen LogP contribution < -0.4 is 10.1 Å². The Morgan fingerprint density at radius 2 is 2.04 bits per heavy atom. The first-order chi connectivity index (χ1) is 11.1. The standard InChI is InChI=1S/C18H20ClNO2S/c1-3-23-17-7-5-4-6-15(17)18(21)20-10-11-22-14-9-8-13(2)16(19)12-14/h4-9,12H,3,10-11H2,1-2H3,(H,20,21). The van der Waals surface area contributed by atoms with Crippen LogP contribution in [0.25, 0.3) is 0 Å². The van der Waals surface area contributed by atoms with Gasteiger partial charge in [-0.05, 0) is 42.5 Å². The molecule has 23 heavy (non-hydrogen) atoms. The minimum absolute atomic E-state index is 0.0768. The van der Waals surface area contributed by atoms with E-state index in [4.69, 9.17) is 16.3 Å². The predicted molar refractivity (Wildman–Crippen MR) is 96.9 cm³/mol. The molecule has 0 fully saturated rings. The fourth-order valence-corrected chi connectivity index (χ4v) is 3.00. The molecule has 0 saturated carbocycles. The van der Waals surface area contributed by atoms with Crippen molar-refractivity contribution >= 4 is 29.3 Å². The summed E-state index contributed by atoms with van der Waals surface area (Å²) in [4.78, 5) is 13.2. The number of hydrogen-bond donors (Lipinski definition) is 1. The number of benzene rings is 2. The van der Waals surface area contributed by atoms with E-state index in [9.17, 15) is 4.79 Å². The highest BCUT2D eigenvalue weighted by atomic mass is 35.5. The summed E-state index contributed by atoms with van der Waals surface area (Å²) in [5.41, 5.74) is 1.72. The van der Waals surface area contributed by atoms with Crippen molar-refractivity contribution in [2.75, 3.05) is 18.9 Å². The molecule has 0 bridgehead atoms. The van der Waals surface area contributed by atoms with Crippen LogP contribution in [0.15, 0.2) is 47.4 Å². The van der Waals surface area contributed by atoms with Gasteiger partial charge < -0.3 is 10.1 Å². The molecule has 2 aromatic rings. The van der Waals surface area contributed by atoms with Crippen LogP contribution >= 0.6 is 23.4 Å². The Labute approximate surface area is 146 Å². The minimum Gasteiger partial charge on any atom is -0.492 e. The molecule has 5 heteroatoms. The summed E-state index contributed by atoms with van der Waals surface area (Å²) in [5, 5.41) is 3.56. The molecule has 0 aliphatic carbocycles. The molecule has 1 N–H and O–H groups in total. The Balaban J connectivity index is 1.84. The maximum absolute atomic E-state index is 12.2. The lowest BCUT2D eigenvalue weighted by Crippen LogP contribution is -2.28. The molecule has 122 valence electrons. The third-order valence-electron chi connectivity index (χ3n) is 3.23. The van der Waals surface area contributed by atoms with Gasteiger partial charge in [0.2, 0.25) is 0 Å². The van der Waals surface area contributed by atoms with Crippen molar-refractivity contribution in [1.29, 1.82) is 0 Å². The Morgan fingerprint density at radius 1 is 1.26 bits per heavy atom. The van der Waals surface area contributed by atoms with E-state index in [1.54, 1.807) is 17.8 Å². The minimum atomic E-state index is -0.0768. The number of aryl methyl sites for hydroxylation is 1. The number of carbonyl (C=O) groups is 1. The maximum Gasteiger partial charge on any atom is 0.252 e. The van der Waals surface area contributed by atoms with Gasteiger partial charge in [0.1, 0.15) is 12.4 Å². The highest BCUT2D eigenvalue weighted by Gasteiger charge is 2.10. The van der Waals surface area contributed by atoms with Gasteiger partial charge in [0.25, 0.3) is 5.91 Å². The normalized spacial score (nSPS) is 10.4. The molecule has 0 unspecified atom stereocenters. The fourth-order valence-electron chi connectivity index (χ4n) is 2.03. The smallest absolute Gasteiger partial charge is 0.252 e. The van der Waals surface area contributed by atoms with Gasteiger partial charge >= 0.3 is 0 Å². The average Bonchev–Trinajstić information content (AvgIpc) is 2.55. The molecule has 0 spiro atoms. The first-order valence-electron chi connectivity index (χ1n) is 7.50. The second-order valence-corrected chi connectivity index (χ2v) is 6.66. The second-order valence-electron chi connectivity index (χ2n) is 4.94. The zero-order valence-electron chi connectivity index (χ0n) is 13.3. The number of hydrogen-bond acceptors (Lipinski definition) is 3. The number of rotatable bonds is 7. The van der Waals surface area contributed by atoms with Crippen LogP contribution in [-0.4, -0.2) is 24.8 Å². The summed E-state index contributed by atoms with van der Waals surface area (Å²) in [6, 6.07) is 13.2. The van der Waals surface area contributed by atoms with Crippen LogP contribution in [0.2, 0.25) is 5.02 Å². The SMILES string of the molecule is CCSc1ccccc1C(=O)NCCOc1ccc(C)c(Cl)c1. The van der Waals surface area contributed by atoms with Crippen molar-refractivity contribution in [3.05, 3.63) is 58.6 Å². The molecule has 0 radical (unpaired) electrons. The largest absolute Gasteiger partial charge is 0.492 e. The van der Waals surface area contributed by atoms with Gasteiger partial charge in [-0.2, -0.15) is 0 Å². The fraction of sp³-hybridized carbons (Fsp3) is 0.278. The predicted octanol–water partition coefficient (Wildman–Crippen LogP) is 4.57. The maximum atomic E-state index is 12.2. The van der Waals surface area contributed by atoms with Gasteiger partial charge in [0.05, 0.1) is 12.1 Å². The van der Waals surface area contributed by atoms with E-state index in [1.807, 2.05) is 43.3 Å². The molecule has 2 aromatic carbocycles. The number of ether oxygens (including phenoxy) is 1. The first kappa shape index (κ1) is 17.7. The van der Waals surface area contributed by atoms with Crippen LogP contribution in [0, 0.1) is 6.92 Å². The molecule has 0 heterocycles. The van der Waals surface area contributed by atoms with E-state index in [1.165, 1.54) is 0 Å². The van der Waals surface area contributed by atoms with Crippen molar-refractivity contribution in [3.63, 3.8) is 0 Å². The zero-order valence-corrected chi connectivity index (χ0v) is 14.8. The van der Waals surface area contributed by atoms with Crippen molar-refractivity contribution in [1.82, 2.24) is 5.32 Å². The average molecular weight is 350 g/mol. The molecule has 0 atom stereocenters. The highest BCUT2D eigenvalue weighted by molar-refractivity contribution is 7.99. The molecule has 0 aromatic heterocycles. The van der Waals surface area contributed by atoms with E-state index >= 15 is 0 Å². The van der Waals surface area contributed by atoms with Crippen molar-refractivity contribution < 1.29 is 9.53 Å². The summed E-state index contributed by atoms with van der Waals surface area (Å²) < 4.78 is 5.60. The number of nitrogens with one attached hydrogen (secondary N) is 1. The number of halogens is 1. The number of amides is 1. The van der Waals surface area contributed by atoms with Crippen LogP contribution in [-0.2, 0) is 0 Å². The van der Waals surface area contributed by atoms with Gasteiger partial charge in [-0.1, -0.05) is 36.7 Å². The Morgan fingerprint density at radius 3 is 2.78 bits per heavy atom. The molecule has 0 saturated heterocycles. The molecule has 3 nitrogen and oxygen atoms in total. The van der Waals surface area contributed by atoms with Crippen molar-refractivity contribution in [2.45, 2.75) is 18.7 Å². The summed E-state index contributed by atoms with van der Waals surface area (Å²) in [5.74, 6) is 1.56. The lowest BCUT2D eigenvalue weighted by atomic mass is 10.2. The number of carbonyl (C=O) groups excluding carboxylic acids is 1. The third kappa shape index (κ3) is 5.19. The van der Waals surface area contributed by atoms with E-state index in [-0.39, 0.29) is 5.91 Å². The molecule has 1 amide bonds. The molecule has 2 rings (SSSR count). The van der Waals surface area contributed by atoms with Gasteiger partial charge in [0, 0.05) is 9.92 Å². The summed E-state index contributed by atoms with van der Waals surface area (Å²) >= 11 is 7.71. The summed E-state index contributed by atoms with van der Waals surface area (Å²) in [6.07, 6.45) is 0. The Hall–Kier alpha value is -1.65.